The second kappa shape index (κ2) is 8.28. The van der Waals surface area contributed by atoms with Crippen LogP contribution in [0.2, 0.25) is 0 Å². The van der Waals surface area contributed by atoms with Crippen molar-refractivity contribution in [1.29, 1.82) is 0 Å². The number of nitrogens with zero attached hydrogens (tertiary/aromatic N) is 1. The van der Waals surface area contributed by atoms with E-state index in [0.717, 1.165) is 6.21 Å². The summed E-state index contributed by atoms with van der Waals surface area (Å²) in [4.78, 5) is 26.3. The van der Waals surface area contributed by atoms with Gasteiger partial charge in [-0.2, -0.15) is 0 Å². The van der Waals surface area contributed by atoms with E-state index in [1.165, 1.54) is 14.0 Å². The summed E-state index contributed by atoms with van der Waals surface area (Å²) in [5, 5.41) is 12.1. The molecule has 0 amide bonds. The molecule has 0 aromatic carbocycles. The first-order valence-electron chi connectivity index (χ1n) is 4.71. The lowest BCUT2D eigenvalue weighted by Gasteiger charge is -2.14. The zero-order chi connectivity index (χ0) is 13.3. The zero-order valence-electron chi connectivity index (χ0n) is 9.71. The van der Waals surface area contributed by atoms with Crippen molar-refractivity contribution in [2.75, 3.05) is 20.3 Å². The zero-order valence-corrected chi connectivity index (χ0v) is 9.71. The van der Waals surface area contributed by atoms with Gasteiger partial charge in [0.2, 0.25) is 0 Å². The monoisotopic (exact) mass is 245 g/mol. The minimum absolute atomic E-state index is 0.217. The third kappa shape index (κ3) is 7.07. The largest absolute Gasteiger partial charge is 0.458 e. The molecule has 7 heteroatoms. The number of aliphatic hydroxyl groups is 1. The summed E-state index contributed by atoms with van der Waals surface area (Å²) >= 11 is 0. The van der Waals surface area contributed by atoms with Gasteiger partial charge < -0.3 is 19.4 Å². The van der Waals surface area contributed by atoms with Crippen molar-refractivity contribution < 1.29 is 29.0 Å². The minimum Gasteiger partial charge on any atom is -0.458 e. The van der Waals surface area contributed by atoms with E-state index in [1.807, 2.05) is 0 Å². The molecule has 0 aliphatic carbocycles. The Kier molecular flexibility index (Phi) is 7.36. The number of aliphatic hydroxyl groups excluding tert-OH is 1. The van der Waals surface area contributed by atoms with Gasteiger partial charge in [0.25, 0.3) is 0 Å². The van der Waals surface area contributed by atoms with Crippen molar-refractivity contribution in [3.05, 3.63) is 12.2 Å². The van der Waals surface area contributed by atoms with Gasteiger partial charge in [0.15, 0.2) is 12.3 Å². The maximum Gasteiger partial charge on any atom is 0.353 e. The Bertz CT molecular complexity index is 312. The normalized spacial score (nSPS) is 11.9. The van der Waals surface area contributed by atoms with Crippen molar-refractivity contribution in [3.8, 4) is 0 Å². The quantitative estimate of drug-likeness (QED) is 0.285. The molecule has 1 unspecified atom stereocenters. The summed E-state index contributed by atoms with van der Waals surface area (Å²) in [6.07, 6.45) is -0.155. The van der Waals surface area contributed by atoms with E-state index in [-0.39, 0.29) is 12.2 Å². The topological polar surface area (TPSA) is 94.4 Å². The van der Waals surface area contributed by atoms with Crippen LogP contribution in [0.3, 0.4) is 0 Å². The van der Waals surface area contributed by atoms with E-state index in [9.17, 15) is 9.59 Å². The van der Waals surface area contributed by atoms with Crippen LogP contribution in [0.15, 0.2) is 17.3 Å². The molecule has 0 aliphatic heterocycles. The minimum atomic E-state index is -0.950. The lowest BCUT2D eigenvalue weighted by atomic mass is 10.3. The molecule has 0 rings (SSSR count). The van der Waals surface area contributed by atoms with E-state index in [2.05, 4.69) is 16.6 Å². The van der Waals surface area contributed by atoms with Crippen LogP contribution in [-0.4, -0.2) is 49.7 Å². The number of hydrogen-bond donors (Lipinski definition) is 1. The summed E-state index contributed by atoms with van der Waals surface area (Å²) in [7, 11) is 1.27. The van der Waals surface area contributed by atoms with Crippen molar-refractivity contribution in [1.82, 2.24) is 0 Å². The molecule has 0 saturated heterocycles. The first-order chi connectivity index (χ1) is 8.01. The molecule has 0 bridgehead atoms. The Morgan fingerprint density at radius 1 is 1.53 bits per heavy atom. The van der Waals surface area contributed by atoms with E-state index in [4.69, 9.17) is 14.6 Å². The molecule has 1 atom stereocenters. The molecular weight excluding hydrogens is 230 g/mol. The molecule has 0 heterocycles. The maximum atomic E-state index is 11.0. The van der Waals surface area contributed by atoms with Crippen LogP contribution in [0.25, 0.3) is 0 Å². The highest BCUT2D eigenvalue weighted by Gasteiger charge is 2.15. The first-order valence-corrected chi connectivity index (χ1v) is 4.71. The molecule has 0 saturated carbocycles. The van der Waals surface area contributed by atoms with E-state index < -0.39 is 24.6 Å². The van der Waals surface area contributed by atoms with Gasteiger partial charge in [-0.3, -0.25) is 0 Å². The van der Waals surface area contributed by atoms with Crippen LogP contribution in [-0.2, 0) is 23.9 Å². The van der Waals surface area contributed by atoms with Crippen LogP contribution in [0, 0.1) is 0 Å². The molecule has 0 aromatic heterocycles. The lowest BCUT2D eigenvalue weighted by molar-refractivity contribution is -0.153. The fourth-order valence-corrected chi connectivity index (χ4v) is 0.706. The van der Waals surface area contributed by atoms with Crippen molar-refractivity contribution in [2.45, 2.75) is 13.0 Å². The Morgan fingerprint density at radius 2 is 2.18 bits per heavy atom. The lowest BCUT2D eigenvalue weighted by Crippen LogP contribution is -2.29. The number of carbonyl (C=O) groups excluding carboxylic acids is 2. The summed E-state index contributed by atoms with van der Waals surface area (Å²) in [6.45, 7) is 4.13. The number of oxime groups is 1. The fraction of sp³-hybridized carbons (Fsp3) is 0.500. The van der Waals surface area contributed by atoms with Gasteiger partial charge >= 0.3 is 11.9 Å². The highest BCUT2D eigenvalue weighted by atomic mass is 16.6. The van der Waals surface area contributed by atoms with Gasteiger partial charge in [0.05, 0.1) is 6.61 Å². The van der Waals surface area contributed by atoms with Crippen LogP contribution >= 0.6 is 0 Å². The fourth-order valence-electron chi connectivity index (χ4n) is 0.706. The first kappa shape index (κ1) is 15.1. The second-order valence-electron chi connectivity index (χ2n) is 3.04. The van der Waals surface area contributed by atoms with Crippen molar-refractivity contribution in [2.24, 2.45) is 5.16 Å². The standard InChI is InChI=1S/C10H15NO6/c1-7(2)10(14)16-6-8(5-12)17-9(13)4-11-15-3/h4,8,12H,1,5-6H2,2-3H3/b11-4+. The Balaban J connectivity index is 4.08. The Morgan fingerprint density at radius 3 is 2.65 bits per heavy atom. The average Bonchev–Trinajstić information content (AvgIpc) is 2.31. The number of hydrogen-bond acceptors (Lipinski definition) is 7. The smallest absolute Gasteiger partial charge is 0.353 e. The number of ether oxygens (including phenoxy) is 2. The third-order valence-corrected chi connectivity index (χ3v) is 1.50. The SMILES string of the molecule is C=C(C)C(=O)OCC(CO)OC(=O)/C=N/OC. The van der Waals surface area contributed by atoms with Crippen LogP contribution < -0.4 is 0 Å². The van der Waals surface area contributed by atoms with Crippen molar-refractivity contribution >= 4 is 18.2 Å². The molecule has 7 nitrogen and oxygen atoms in total. The van der Waals surface area contributed by atoms with Gasteiger partial charge in [0, 0.05) is 5.57 Å². The van der Waals surface area contributed by atoms with Gasteiger partial charge in [-0.05, 0) is 6.92 Å². The third-order valence-electron chi connectivity index (χ3n) is 1.50. The van der Waals surface area contributed by atoms with Gasteiger partial charge in [-0.15, -0.1) is 0 Å². The molecule has 0 radical (unpaired) electrons. The highest BCUT2D eigenvalue weighted by Crippen LogP contribution is 1.97. The summed E-state index contributed by atoms with van der Waals surface area (Å²) in [6, 6.07) is 0. The van der Waals surface area contributed by atoms with Gasteiger partial charge in [0.1, 0.15) is 13.7 Å². The second-order valence-corrected chi connectivity index (χ2v) is 3.04. The molecule has 1 N–H and O–H groups in total. The summed E-state index contributed by atoms with van der Waals surface area (Å²) in [5.74, 6) is -1.43. The van der Waals surface area contributed by atoms with E-state index in [0.29, 0.717) is 0 Å². The van der Waals surface area contributed by atoms with E-state index >= 15 is 0 Å². The molecular formula is C10H15NO6. The highest BCUT2D eigenvalue weighted by molar-refractivity contribution is 6.23. The molecule has 0 aliphatic rings. The van der Waals surface area contributed by atoms with Crippen LogP contribution in [0.4, 0.5) is 0 Å². The molecule has 0 aromatic rings. The van der Waals surface area contributed by atoms with Gasteiger partial charge in [-0.25, -0.2) is 9.59 Å². The number of rotatable bonds is 7. The van der Waals surface area contributed by atoms with Crippen LogP contribution in [0.5, 0.6) is 0 Å². The number of carbonyl (C=O) groups is 2. The van der Waals surface area contributed by atoms with Crippen molar-refractivity contribution in [3.63, 3.8) is 0 Å². The molecule has 17 heavy (non-hydrogen) atoms. The number of esters is 2. The molecule has 0 fully saturated rings. The molecule has 0 spiro atoms. The Hall–Kier alpha value is -1.89. The summed E-state index contributed by atoms with van der Waals surface area (Å²) in [5.41, 5.74) is 0.217. The van der Waals surface area contributed by atoms with Gasteiger partial charge in [-0.1, -0.05) is 11.7 Å². The predicted molar refractivity (Wildman–Crippen MR) is 58.2 cm³/mol. The predicted octanol–water partition coefficient (Wildman–Crippen LogP) is -0.358. The van der Waals surface area contributed by atoms with E-state index in [1.54, 1.807) is 0 Å². The average molecular weight is 245 g/mol. The summed E-state index contributed by atoms with van der Waals surface area (Å²) < 4.78 is 9.42. The maximum absolute atomic E-state index is 11.0. The Labute approximate surface area is 98.6 Å². The van der Waals surface area contributed by atoms with Crippen LogP contribution in [0.1, 0.15) is 6.92 Å². The molecule has 96 valence electrons.